The van der Waals surface area contributed by atoms with Crippen molar-refractivity contribution in [2.75, 3.05) is 0 Å². The highest BCUT2D eigenvalue weighted by Gasteiger charge is 2.11. The third-order valence-electron chi connectivity index (χ3n) is 3.23. The Hall–Kier alpha value is -2.72. The minimum absolute atomic E-state index is 0.102. The molecule has 0 saturated carbocycles. The van der Waals surface area contributed by atoms with Gasteiger partial charge in [-0.15, -0.1) is 0 Å². The van der Waals surface area contributed by atoms with Crippen LogP contribution in [-0.2, 0) is 0 Å². The monoisotopic (exact) mass is 310 g/mol. The molecule has 5 heteroatoms. The van der Waals surface area contributed by atoms with E-state index in [1.54, 1.807) is 12.1 Å². The number of benzene rings is 2. The summed E-state index contributed by atoms with van der Waals surface area (Å²) in [4.78, 5) is 14.9. The van der Waals surface area contributed by atoms with Crippen LogP contribution in [-0.4, -0.2) is 9.91 Å². The summed E-state index contributed by atoms with van der Waals surface area (Å²) < 4.78 is 0. The van der Waals surface area contributed by atoms with Gasteiger partial charge in [0.1, 0.15) is 5.02 Å². The van der Waals surface area contributed by atoms with E-state index in [2.05, 4.69) is 4.98 Å². The van der Waals surface area contributed by atoms with Crippen LogP contribution in [0.5, 0.6) is 0 Å². The van der Waals surface area contributed by atoms with Crippen LogP contribution >= 0.6 is 11.6 Å². The lowest BCUT2D eigenvalue weighted by Crippen LogP contribution is -1.89. The molecule has 0 N–H and O–H groups in total. The molecule has 3 rings (SSSR count). The van der Waals surface area contributed by atoms with Gasteiger partial charge in [0.05, 0.1) is 16.1 Å². The highest BCUT2D eigenvalue weighted by molar-refractivity contribution is 6.32. The zero-order chi connectivity index (χ0) is 15.5. The molecule has 0 radical (unpaired) electrons. The minimum atomic E-state index is -0.492. The summed E-state index contributed by atoms with van der Waals surface area (Å²) in [6, 6.07) is 16.4. The average Bonchev–Trinajstić information content (AvgIpc) is 2.53. The fourth-order valence-electron chi connectivity index (χ4n) is 2.13. The summed E-state index contributed by atoms with van der Waals surface area (Å²) in [5.74, 6) is 0. The third-order valence-corrected chi connectivity index (χ3v) is 3.55. The van der Waals surface area contributed by atoms with Gasteiger partial charge in [0.2, 0.25) is 0 Å². The lowest BCUT2D eigenvalue weighted by atomic mass is 10.1. The van der Waals surface area contributed by atoms with Crippen LogP contribution in [0.2, 0.25) is 5.02 Å². The van der Waals surface area contributed by atoms with E-state index in [-0.39, 0.29) is 10.7 Å². The van der Waals surface area contributed by atoms with Gasteiger partial charge in [-0.25, -0.2) is 4.98 Å². The number of hydrogen-bond donors (Lipinski definition) is 0. The number of nitro benzene ring substituents is 1. The van der Waals surface area contributed by atoms with E-state index >= 15 is 0 Å². The lowest BCUT2D eigenvalue weighted by molar-refractivity contribution is -0.384. The molecule has 3 aromatic rings. The zero-order valence-corrected chi connectivity index (χ0v) is 12.2. The zero-order valence-electron chi connectivity index (χ0n) is 11.4. The molecule has 0 amide bonds. The second-order valence-electron chi connectivity index (χ2n) is 4.73. The Bertz CT molecular complexity index is 891. The van der Waals surface area contributed by atoms with Gasteiger partial charge in [-0.3, -0.25) is 10.1 Å². The Labute approximate surface area is 131 Å². The Balaban J connectivity index is 1.92. The number of pyridine rings is 1. The number of rotatable bonds is 3. The van der Waals surface area contributed by atoms with Crippen LogP contribution in [0.3, 0.4) is 0 Å². The minimum Gasteiger partial charge on any atom is -0.258 e. The molecule has 22 heavy (non-hydrogen) atoms. The lowest BCUT2D eigenvalue weighted by Gasteiger charge is -1.99. The number of hydrogen-bond acceptors (Lipinski definition) is 3. The average molecular weight is 311 g/mol. The predicted molar refractivity (Wildman–Crippen MR) is 88.8 cm³/mol. The molecule has 0 spiro atoms. The molecule has 108 valence electrons. The summed E-state index contributed by atoms with van der Waals surface area (Å²) in [6.07, 6.45) is 3.60. The smallest absolute Gasteiger partial charge is 0.258 e. The maximum atomic E-state index is 10.9. The molecule has 0 bridgehead atoms. The van der Waals surface area contributed by atoms with Gasteiger partial charge in [-0.2, -0.15) is 0 Å². The Kier molecular flexibility index (Phi) is 3.85. The third kappa shape index (κ3) is 2.97. The molecule has 0 fully saturated rings. The topological polar surface area (TPSA) is 56.0 Å². The second-order valence-corrected chi connectivity index (χ2v) is 5.14. The molecule has 0 unspecified atom stereocenters. The first-order valence-corrected chi connectivity index (χ1v) is 6.99. The largest absolute Gasteiger partial charge is 0.288 e. The van der Waals surface area contributed by atoms with Crippen LogP contribution in [0.25, 0.3) is 23.1 Å². The summed E-state index contributed by atoms with van der Waals surface area (Å²) in [5.41, 5.74) is 2.30. The van der Waals surface area contributed by atoms with Crippen molar-refractivity contribution in [1.29, 1.82) is 0 Å². The first-order chi connectivity index (χ1) is 10.6. The standard InChI is InChI=1S/C17H11ClN2O2/c18-15-10-6-12(11-17(15)20(21)22)5-8-14-9-7-13-3-1-2-4-16(13)19-14/h1-11H/b8-5+. The van der Waals surface area contributed by atoms with Gasteiger partial charge >= 0.3 is 0 Å². The number of fused-ring (bicyclic) bond motifs is 1. The Morgan fingerprint density at radius 1 is 1.05 bits per heavy atom. The summed E-state index contributed by atoms with van der Waals surface area (Å²) in [7, 11) is 0. The second kappa shape index (κ2) is 5.95. The van der Waals surface area contributed by atoms with E-state index in [0.717, 1.165) is 16.6 Å². The SMILES string of the molecule is O=[N+]([O-])c1cc(/C=C/c2ccc3ccccc3n2)ccc1Cl. The quantitative estimate of drug-likeness (QED) is 0.507. The van der Waals surface area contributed by atoms with E-state index in [4.69, 9.17) is 11.6 Å². The molecule has 0 aliphatic heterocycles. The molecule has 1 heterocycles. The van der Waals surface area contributed by atoms with Crippen molar-refractivity contribution in [1.82, 2.24) is 4.98 Å². The molecule has 0 saturated heterocycles. The van der Waals surface area contributed by atoms with Crippen LogP contribution in [0.4, 0.5) is 5.69 Å². The number of nitro groups is 1. The van der Waals surface area contributed by atoms with Gasteiger partial charge in [-0.1, -0.05) is 48.0 Å². The predicted octanol–water partition coefficient (Wildman–Crippen LogP) is 4.97. The molecular weight excluding hydrogens is 300 g/mol. The maximum Gasteiger partial charge on any atom is 0.288 e. The van der Waals surface area contributed by atoms with Gasteiger partial charge in [-0.05, 0) is 29.8 Å². The summed E-state index contributed by atoms with van der Waals surface area (Å²) >= 11 is 5.80. The van der Waals surface area contributed by atoms with Crippen molar-refractivity contribution in [3.8, 4) is 0 Å². The normalized spacial score (nSPS) is 11.1. The number of nitrogens with zero attached hydrogens (tertiary/aromatic N) is 2. The molecule has 4 nitrogen and oxygen atoms in total. The van der Waals surface area contributed by atoms with E-state index in [9.17, 15) is 10.1 Å². The molecule has 0 atom stereocenters. The van der Waals surface area contributed by atoms with Crippen molar-refractivity contribution >= 4 is 40.3 Å². The summed E-state index contributed by atoms with van der Waals surface area (Å²) in [5, 5.41) is 12.1. The highest BCUT2D eigenvalue weighted by atomic mass is 35.5. The fraction of sp³-hybridized carbons (Fsp3) is 0. The van der Waals surface area contributed by atoms with Gasteiger partial charge in [0.25, 0.3) is 5.69 Å². The number of halogens is 1. The number of para-hydroxylation sites is 1. The fourth-order valence-corrected chi connectivity index (χ4v) is 2.32. The van der Waals surface area contributed by atoms with Gasteiger partial charge < -0.3 is 0 Å². The van der Waals surface area contributed by atoms with Crippen molar-refractivity contribution in [2.24, 2.45) is 0 Å². The molecule has 0 aliphatic rings. The van der Waals surface area contributed by atoms with Gasteiger partial charge in [0.15, 0.2) is 0 Å². The Morgan fingerprint density at radius 2 is 1.86 bits per heavy atom. The van der Waals surface area contributed by atoms with Crippen LogP contribution in [0.1, 0.15) is 11.3 Å². The molecule has 1 aromatic heterocycles. The van der Waals surface area contributed by atoms with Crippen molar-refractivity contribution in [2.45, 2.75) is 0 Å². The van der Waals surface area contributed by atoms with Crippen LogP contribution in [0.15, 0.2) is 54.6 Å². The molecule has 0 aliphatic carbocycles. The molecular formula is C17H11ClN2O2. The first-order valence-electron chi connectivity index (χ1n) is 6.61. The highest BCUT2D eigenvalue weighted by Crippen LogP contribution is 2.26. The van der Waals surface area contributed by atoms with Crippen LogP contribution < -0.4 is 0 Å². The molecule has 2 aromatic carbocycles. The number of aromatic nitrogens is 1. The van der Waals surface area contributed by atoms with E-state index in [1.165, 1.54) is 12.1 Å². The van der Waals surface area contributed by atoms with E-state index < -0.39 is 4.92 Å². The van der Waals surface area contributed by atoms with Crippen LogP contribution in [0, 0.1) is 10.1 Å². The van der Waals surface area contributed by atoms with Crippen molar-refractivity contribution in [3.63, 3.8) is 0 Å². The first kappa shape index (κ1) is 14.2. The van der Waals surface area contributed by atoms with Crippen molar-refractivity contribution < 1.29 is 4.92 Å². The van der Waals surface area contributed by atoms with Gasteiger partial charge in [0, 0.05) is 11.5 Å². The summed E-state index contributed by atoms with van der Waals surface area (Å²) in [6.45, 7) is 0. The van der Waals surface area contributed by atoms with E-state index in [0.29, 0.717) is 5.56 Å². The van der Waals surface area contributed by atoms with E-state index in [1.807, 2.05) is 42.5 Å². The maximum absolute atomic E-state index is 10.9. The van der Waals surface area contributed by atoms with Crippen molar-refractivity contribution in [3.05, 3.63) is 81.0 Å². The Morgan fingerprint density at radius 3 is 2.68 bits per heavy atom.